The van der Waals surface area contributed by atoms with Crippen LogP contribution >= 0.6 is 11.8 Å². The molecular weight excluding hydrogens is 368 g/mol. The molecule has 1 fully saturated rings. The van der Waals surface area contributed by atoms with Gasteiger partial charge in [0.15, 0.2) is 28.5 Å². The molecule has 26 heavy (non-hydrogen) atoms. The predicted molar refractivity (Wildman–Crippen MR) is 89.3 cm³/mol. The maximum atomic E-state index is 12.7. The number of aliphatic hydroxyl groups excluding tert-OH is 3. The van der Waals surface area contributed by atoms with Gasteiger partial charge in [0.2, 0.25) is 0 Å². The van der Waals surface area contributed by atoms with Crippen LogP contribution in [-0.2, 0) is 4.74 Å². The van der Waals surface area contributed by atoms with Gasteiger partial charge < -0.3 is 31.5 Å². The lowest BCUT2D eigenvalue weighted by molar-refractivity contribution is -0.0526. The minimum Gasteiger partial charge on any atom is -0.394 e. The van der Waals surface area contributed by atoms with Gasteiger partial charge in [0.1, 0.15) is 23.8 Å². The summed E-state index contributed by atoms with van der Waals surface area (Å²) >= 11 is 1.14. The van der Waals surface area contributed by atoms with Crippen LogP contribution in [0.1, 0.15) is 16.7 Å². The van der Waals surface area contributed by atoms with Crippen LogP contribution in [0.4, 0.5) is 5.82 Å². The smallest absolute Gasteiger partial charge is 0.286 e. The van der Waals surface area contributed by atoms with E-state index in [0.717, 1.165) is 16.3 Å². The van der Waals surface area contributed by atoms with Gasteiger partial charge in [-0.2, -0.15) is 0 Å². The third kappa shape index (κ3) is 2.79. The van der Waals surface area contributed by atoms with Crippen molar-refractivity contribution in [1.29, 1.82) is 0 Å². The van der Waals surface area contributed by atoms with E-state index in [0.29, 0.717) is 0 Å². The van der Waals surface area contributed by atoms with Crippen molar-refractivity contribution in [2.75, 3.05) is 18.6 Å². The highest BCUT2D eigenvalue weighted by atomic mass is 32.2. The number of hydrogen-bond donors (Lipinski definition) is 5. The Balaban J connectivity index is 2.35. The van der Waals surface area contributed by atoms with Crippen molar-refractivity contribution in [3.05, 3.63) is 16.0 Å². The summed E-state index contributed by atoms with van der Waals surface area (Å²) in [6.45, 7) is -0.595. The van der Waals surface area contributed by atoms with Gasteiger partial charge in [-0.15, -0.1) is 0 Å². The normalized spacial score (nSPS) is 25.7. The predicted octanol–water partition coefficient (Wildman–Crippen LogP) is -2.80. The highest BCUT2D eigenvalue weighted by Crippen LogP contribution is 2.31. The molecule has 12 nitrogen and oxygen atoms in total. The zero-order valence-electron chi connectivity index (χ0n) is 13.4. The van der Waals surface area contributed by atoms with Crippen LogP contribution in [0.5, 0.6) is 0 Å². The van der Waals surface area contributed by atoms with Crippen molar-refractivity contribution in [3.63, 3.8) is 0 Å². The largest absolute Gasteiger partial charge is 0.394 e. The molecule has 2 aromatic rings. The van der Waals surface area contributed by atoms with Crippen molar-refractivity contribution in [3.8, 4) is 0 Å². The average molecular weight is 384 g/mol. The molecule has 1 amide bonds. The molecule has 3 heterocycles. The first-order valence-corrected chi connectivity index (χ1v) is 8.58. The summed E-state index contributed by atoms with van der Waals surface area (Å²) in [5.74, 6) is -1.23. The topological polar surface area (TPSA) is 200 Å². The van der Waals surface area contributed by atoms with Crippen LogP contribution in [-0.4, -0.2) is 71.9 Å². The zero-order valence-corrected chi connectivity index (χ0v) is 14.3. The number of amides is 1. The van der Waals surface area contributed by atoms with E-state index in [2.05, 4.69) is 15.0 Å². The minimum absolute atomic E-state index is 0.0889. The number of hydrogen-bond acceptors (Lipinski definition) is 11. The molecule has 3 rings (SSSR count). The molecule has 4 atom stereocenters. The lowest BCUT2D eigenvalue weighted by Gasteiger charge is -2.20. The number of aliphatic hydroxyl groups is 3. The summed E-state index contributed by atoms with van der Waals surface area (Å²) in [6.07, 6.45) is -3.94. The standard InChI is InChI=1S/C13H16N6O6S/c1-26-13-17-8(14)4-10(18-13)19(11(24)5(16-4)9(15)23)12-7(22)6(21)3(2-20)25-12/h3,6-7,12,20-22H,2H2,1H3,(H2,15,23)(H2,14,17,18)/t3-,6-,7-,12-/m1/s1. The van der Waals surface area contributed by atoms with Crippen LogP contribution in [0.25, 0.3) is 11.2 Å². The SMILES string of the molecule is CSc1nc(N)c2nc(C(N)=O)c(=O)n([C@@H]3O[C@H](CO)[C@@H](O)[C@H]3O)c2n1. The Bertz CT molecular complexity index is 935. The molecule has 0 saturated carbocycles. The molecule has 140 valence electrons. The molecule has 0 bridgehead atoms. The number of thioether (sulfide) groups is 1. The van der Waals surface area contributed by atoms with Crippen molar-refractivity contribution < 1.29 is 24.9 Å². The van der Waals surface area contributed by atoms with Crippen LogP contribution in [0, 0.1) is 0 Å². The number of anilines is 1. The molecule has 0 spiro atoms. The van der Waals surface area contributed by atoms with E-state index in [-0.39, 0.29) is 22.1 Å². The highest BCUT2D eigenvalue weighted by molar-refractivity contribution is 7.98. The molecule has 0 unspecified atom stereocenters. The lowest BCUT2D eigenvalue weighted by Crippen LogP contribution is -2.39. The second-order valence-corrected chi connectivity index (χ2v) is 6.27. The highest BCUT2D eigenvalue weighted by Gasteiger charge is 2.45. The van der Waals surface area contributed by atoms with E-state index in [4.69, 9.17) is 16.2 Å². The Kier molecular flexibility index (Phi) is 4.81. The van der Waals surface area contributed by atoms with Gasteiger partial charge in [0.25, 0.3) is 11.5 Å². The van der Waals surface area contributed by atoms with Gasteiger partial charge in [-0.05, 0) is 6.26 Å². The fourth-order valence-corrected chi connectivity index (χ4v) is 3.03. The van der Waals surface area contributed by atoms with Gasteiger partial charge in [-0.3, -0.25) is 14.2 Å². The molecule has 0 aliphatic carbocycles. The lowest BCUT2D eigenvalue weighted by atomic mass is 10.1. The molecule has 13 heteroatoms. The first-order chi connectivity index (χ1) is 12.3. The minimum atomic E-state index is -1.58. The van der Waals surface area contributed by atoms with Crippen molar-refractivity contribution in [1.82, 2.24) is 19.5 Å². The van der Waals surface area contributed by atoms with E-state index in [1.807, 2.05) is 0 Å². The number of fused-ring (bicyclic) bond motifs is 1. The maximum Gasteiger partial charge on any atom is 0.286 e. The number of nitrogen functional groups attached to an aromatic ring is 1. The van der Waals surface area contributed by atoms with Crippen LogP contribution in [0.2, 0.25) is 0 Å². The van der Waals surface area contributed by atoms with E-state index in [1.54, 1.807) is 6.26 Å². The number of carbonyl (C=O) groups is 1. The van der Waals surface area contributed by atoms with Gasteiger partial charge in [-0.25, -0.2) is 15.0 Å². The summed E-state index contributed by atoms with van der Waals surface area (Å²) in [7, 11) is 0. The molecule has 1 aliphatic heterocycles. The summed E-state index contributed by atoms with van der Waals surface area (Å²) < 4.78 is 6.22. The van der Waals surface area contributed by atoms with E-state index in [1.165, 1.54) is 0 Å². The summed E-state index contributed by atoms with van der Waals surface area (Å²) in [6, 6.07) is 0. The second kappa shape index (κ2) is 6.77. The van der Waals surface area contributed by atoms with Gasteiger partial charge in [-0.1, -0.05) is 11.8 Å². The van der Waals surface area contributed by atoms with E-state index < -0.39 is 48.3 Å². The molecule has 0 radical (unpaired) electrons. The molecule has 1 saturated heterocycles. The first kappa shape index (κ1) is 18.5. The Morgan fingerprint density at radius 3 is 2.54 bits per heavy atom. The number of primary amides is 1. The number of ether oxygens (including phenoxy) is 1. The number of aromatic nitrogens is 4. The number of carbonyl (C=O) groups excluding carboxylic acids is 1. The van der Waals surface area contributed by atoms with E-state index >= 15 is 0 Å². The van der Waals surface area contributed by atoms with Gasteiger partial charge in [0, 0.05) is 0 Å². The third-order valence-corrected chi connectivity index (χ3v) is 4.48. The molecular formula is C13H16N6O6S. The Morgan fingerprint density at radius 2 is 2.00 bits per heavy atom. The third-order valence-electron chi connectivity index (χ3n) is 3.93. The Labute approximate surface area is 149 Å². The Hall–Kier alpha value is -2.32. The van der Waals surface area contributed by atoms with Gasteiger partial charge >= 0.3 is 0 Å². The molecule has 2 aromatic heterocycles. The monoisotopic (exact) mass is 384 g/mol. The average Bonchev–Trinajstić information content (AvgIpc) is 2.88. The Morgan fingerprint density at radius 1 is 1.31 bits per heavy atom. The summed E-state index contributed by atoms with van der Waals surface area (Å²) in [5, 5.41) is 29.7. The summed E-state index contributed by atoms with van der Waals surface area (Å²) in [4.78, 5) is 36.3. The fourth-order valence-electron chi connectivity index (χ4n) is 2.67. The number of nitrogens with zero attached hydrogens (tertiary/aromatic N) is 4. The van der Waals surface area contributed by atoms with Crippen LogP contribution < -0.4 is 17.0 Å². The number of rotatable bonds is 4. The van der Waals surface area contributed by atoms with Crippen LogP contribution in [0.3, 0.4) is 0 Å². The quantitative estimate of drug-likeness (QED) is 0.269. The fraction of sp³-hybridized carbons (Fsp3) is 0.462. The molecule has 7 N–H and O–H groups in total. The van der Waals surface area contributed by atoms with Crippen molar-refractivity contribution >= 4 is 34.7 Å². The van der Waals surface area contributed by atoms with Crippen LogP contribution in [0.15, 0.2) is 9.95 Å². The zero-order chi connectivity index (χ0) is 19.2. The molecule has 1 aliphatic rings. The maximum absolute atomic E-state index is 12.7. The van der Waals surface area contributed by atoms with Gasteiger partial charge in [0.05, 0.1) is 6.61 Å². The van der Waals surface area contributed by atoms with Crippen molar-refractivity contribution in [2.45, 2.75) is 29.7 Å². The number of nitrogens with two attached hydrogens (primary N) is 2. The summed E-state index contributed by atoms with van der Waals surface area (Å²) in [5.41, 5.74) is 9.22. The molecule has 0 aromatic carbocycles. The van der Waals surface area contributed by atoms with Crippen molar-refractivity contribution in [2.24, 2.45) is 5.73 Å². The first-order valence-electron chi connectivity index (χ1n) is 7.36. The second-order valence-electron chi connectivity index (χ2n) is 5.50. The van der Waals surface area contributed by atoms with E-state index in [9.17, 15) is 24.9 Å².